The Labute approximate surface area is 94.1 Å². The van der Waals surface area contributed by atoms with Crippen LogP contribution in [0, 0.1) is 5.92 Å². The van der Waals surface area contributed by atoms with Crippen LogP contribution in [0.15, 0.2) is 0 Å². The molecule has 1 saturated heterocycles. The van der Waals surface area contributed by atoms with Crippen LogP contribution in [0.1, 0.15) is 13.8 Å². The smallest absolute Gasteiger partial charge is 0.142 e. The van der Waals surface area contributed by atoms with Gasteiger partial charge in [0.1, 0.15) is 29.3 Å². The lowest BCUT2D eigenvalue weighted by Crippen LogP contribution is -2.64. The number of hydrogen-bond acceptors (Lipinski definition) is 6. The first kappa shape index (κ1) is 13.2. The summed E-state index contributed by atoms with van der Waals surface area (Å²) in [6, 6.07) is 0. The Kier molecular flexibility index (Phi) is 4.02. The van der Waals surface area contributed by atoms with Crippen LogP contribution in [0.4, 0.5) is 0 Å². The lowest BCUT2D eigenvalue weighted by atomic mass is 9.89. The zero-order valence-electron chi connectivity index (χ0n) is 8.74. The molecule has 1 aliphatic rings. The van der Waals surface area contributed by atoms with Crippen LogP contribution in [0.25, 0.3) is 0 Å². The molecule has 0 bridgehead atoms. The molecule has 0 saturated carbocycles. The minimum absolute atomic E-state index is 0.174. The summed E-state index contributed by atoms with van der Waals surface area (Å²) in [6.07, 6.45) is -4.89. The van der Waals surface area contributed by atoms with Crippen molar-refractivity contribution in [2.75, 3.05) is 6.61 Å². The van der Waals surface area contributed by atoms with Gasteiger partial charge in [0.15, 0.2) is 0 Å². The molecule has 1 heterocycles. The number of aliphatic hydroxyl groups excluding tert-OH is 4. The number of ether oxygens (including phenoxy) is 1. The van der Waals surface area contributed by atoms with Crippen molar-refractivity contribution in [3.63, 3.8) is 0 Å². The summed E-state index contributed by atoms with van der Waals surface area (Å²) >= 11 is 4.20. The SMILES string of the molecule is CC(C)C1(S)O[C@@H](CO)[C@@H](O)[C@@H](O)[C@@H]1O. The topological polar surface area (TPSA) is 90.2 Å². The van der Waals surface area contributed by atoms with Crippen LogP contribution in [0.2, 0.25) is 0 Å². The van der Waals surface area contributed by atoms with Gasteiger partial charge in [-0.1, -0.05) is 13.8 Å². The van der Waals surface area contributed by atoms with Crippen LogP contribution in [0.3, 0.4) is 0 Å². The number of hydrogen-bond donors (Lipinski definition) is 5. The largest absolute Gasteiger partial charge is 0.394 e. The van der Waals surface area contributed by atoms with Gasteiger partial charge in [0.05, 0.1) is 6.61 Å². The molecule has 1 fully saturated rings. The van der Waals surface area contributed by atoms with Crippen LogP contribution in [-0.4, -0.2) is 56.4 Å². The zero-order valence-corrected chi connectivity index (χ0v) is 9.63. The average molecular weight is 238 g/mol. The van der Waals surface area contributed by atoms with Crippen molar-refractivity contribution in [3.05, 3.63) is 0 Å². The van der Waals surface area contributed by atoms with Gasteiger partial charge in [0, 0.05) is 0 Å². The predicted octanol–water partition coefficient (Wildman–Crippen LogP) is -1.26. The van der Waals surface area contributed by atoms with Crippen molar-refractivity contribution in [1.29, 1.82) is 0 Å². The van der Waals surface area contributed by atoms with Crippen molar-refractivity contribution in [2.45, 2.75) is 43.2 Å². The highest BCUT2D eigenvalue weighted by molar-refractivity contribution is 7.81. The number of rotatable bonds is 2. The summed E-state index contributed by atoms with van der Waals surface area (Å²) in [5.74, 6) is -0.174. The quantitative estimate of drug-likeness (QED) is 0.388. The second kappa shape index (κ2) is 4.57. The van der Waals surface area contributed by atoms with E-state index in [-0.39, 0.29) is 5.92 Å². The maximum atomic E-state index is 9.76. The van der Waals surface area contributed by atoms with E-state index in [0.29, 0.717) is 0 Å². The van der Waals surface area contributed by atoms with E-state index in [1.165, 1.54) is 0 Å². The van der Waals surface area contributed by atoms with Gasteiger partial charge in [-0.2, -0.15) is 0 Å². The Morgan fingerprint density at radius 2 is 1.80 bits per heavy atom. The van der Waals surface area contributed by atoms with Gasteiger partial charge in [-0.15, -0.1) is 12.6 Å². The summed E-state index contributed by atoms with van der Waals surface area (Å²) in [4.78, 5) is -1.26. The fourth-order valence-electron chi connectivity index (χ4n) is 1.66. The summed E-state index contributed by atoms with van der Waals surface area (Å²) < 4.78 is 5.33. The summed E-state index contributed by atoms with van der Waals surface area (Å²) in [5.41, 5.74) is 0. The molecular weight excluding hydrogens is 220 g/mol. The van der Waals surface area contributed by atoms with Crippen LogP contribution < -0.4 is 0 Å². The zero-order chi connectivity index (χ0) is 11.8. The number of aliphatic hydroxyl groups is 4. The lowest BCUT2D eigenvalue weighted by Gasteiger charge is -2.48. The summed E-state index contributed by atoms with van der Waals surface area (Å²) in [7, 11) is 0. The fraction of sp³-hybridized carbons (Fsp3) is 1.00. The second-order valence-corrected chi connectivity index (χ2v) is 4.87. The highest BCUT2D eigenvalue weighted by Crippen LogP contribution is 2.38. The molecule has 90 valence electrons. The molecule has 1 unspecified atom stereocenters. The Morgan fingerprint density at radius 1 is 1.27 bits per heavy atom. The van der Waals surface area contributed by atoms with Gasteiger partial charge in [0.25, 0.3) is 0 Å². The van der Waals surface area contributed by atoms with Crippen molar-refractivity contribution < 1.29 is 25.2 Å². The van der Waals surface area contributed by atoms with Crippen LogP contribution in [0.5, 0.6) is 0 Å². The average Bonchev–Trinajstić information content (AvgIpc) is 2.20. The van der Waals surface area contributed by atoms with Crippen molar-refractivity contribution in [3.8, 4) is 0 Å². The van der Waals surface area contributed by atoms with Gasteiger partial charge in [-0.25, -0.2) is 0 Å². The van der Waals surface area contributed by atoms with E-state index in [0.717, 1.165) is 0 Å². The molecule has 5 nitrogen and oxygen atoms in total. The molecule has 0 aromatic carbocycles. The third-order valence-electron chi connectivity index (χ3n) is 2.83. The molecular formula is C9H18O5S. The van der Waals surface area contributed by atoms with E-state index in [2.05, 4.69) is 12.6 Å². The maximum absolute atomic E-state index is 9.76. The maximum Gasteiger partial charge on any atom is 0.142 e. The van der Waals surface area contributed by atoms with Crippen molar-refractivity contribution in [1.82, 2.24) is 0 Å². The second-order valence-electron chi connectivity index (χ2n) is 4.17. The Morgan fingerprint density at radius 3 is 2.20 bits per heavy atom. The van der Waals surface area contributed by atoms with E-state index < -0.39 is 36.0 Å². The van der Waals surface area contributed by atoms with Crippen LogP contribution >= 0.6 is 12.6 Å². The molecule has 6 heteroatoms. The Balaban J connectivity index is 2.92. The van der Waals surface area contributed by atoms with Crippen molar-refractivity contribution in [2.24, 2.45) is 5.92 Å². The highest BCUT2D eigenvalue weighted by Gasteiger charge is 2.52. The first-order valence-electron chi connectivity index (χ1n) is 4.89. The molecule has 5 atom stereocenters. The van der Waals surface area contributed by atoms with Gasteiger partial charge >= 0.3 is 0 Å². The van der Waals surface area contributed by atoms with E-state index in [9.17, 15) is 15.3 Å². The predicted molar refractivity (Wildman–Crippen MR) is 56.5 cm³/mol. The third-order valence-corrected chi connectivity index (χ3v) is 3.71. The monoisotopic (exact) mass is 238 g/mol. The molecule has 0 radical (unpaired) electrons. The van der Waals surface area contributed by atoms with Crippen molar-refractivity contribution >= 4 is 12.6 Å². The van der Waals surface area contributed by atoms with Gasteiger partial charge in [-0.3, -0.25) is 0 Å². The first-order valence-corrected chi connectivity index (χ1v) is 5.34. The fourth-order valence-corrected chi connectivity index (χ4v) is 1.94. The molecule has 1 rings (SSSR count). The first-order chi connectivity index (χ1) is 6.84. The molecule has 0 spiro atoms. The van der Waals surface area contributed by atoms with E-state index in [1.807, 2.05) is 0 Å². The molecule has 0 aliphatic carbocycles. The Hall–Kier alpha value is 0.150. The Bertz CT molecular complexity index is 223. The summed E-state index contributed by atoms with van der Waals surface area (Å²) in [5, 5.41) is 37.8. The minimum atomic E-state index is -1.37. The minimum Gasteiger partial charge on any atom is -0.394 e. The standard InChI is InChI=1S/C9H18O5S/c1-4(2)9(15)8(13)7(12)6(11)5(3-10)14-9/h4-8,10-13,15H,3H2,1-2H3/t5-,6+,7+,8-,9?/m0/s1. The molecule has 0 aromatic rings. The molecule has 15 heavy (non-hydrogen) atoms. The lowest BCUT2D eigenvalue weighted by molar-refractivity contribution is -0.251. The number of thiol groups is 1. The van der Waals surface area contributed by atoms with Gasteiger partial charge in [-0.05, 0) is 5.92 Å². The molecule has 1 aliphatic heterocycles. The third kappa shape index (κ3) is 2.15. The molecule has 0 amide bonds. The van der Waals surface area contributed by atoms with Gasteiger partial charge in [0.2, 0.25) is 0 Å². The summed E-state index contributed by atoms with van der Waals surface area (Å²) in [6.45, 7) is 3.12. The van der Waals surface area contributed by atoms with Gasteiger partial charge < -0.3 is 25.2 Å². The molecule has 4 N–H and O–H groups in total. The normalized spacial score (nSPS) is 47.2. The van der Waals surface area contributed by atoms with E-state index in [4.69, 9.17) is 9.84 Å². The highest BCUT2D eigenvalue weighted by atomic mass is 32.1. The van der Waals surface area contributed by atoms with Crippen LogP contribution in [-0.2, 0) is 4.74 Å². The van der Waals surface area contributed by atoms with E-state index in [1.54, 1.807) is 13.8 Å². The molecule has 0 aromatic heterocycles. The van der Waals surface area contributed by atoms with E-state index >= 15 is 0 Å².